The molecule has 2 aliphatic rings. The summed E-state index contributed by atoms with van der Waals surface area (Å²) in [6.07, 6.45) is 2.64. The summed E-state index contributed by atoms with van der Waals surface area (Å²) in [4.78, 5) is 44.2. The van der Waals surface area contributed by atoms with Gasteiger partial charge in [0, 0.05) is 36.3 Å². The maximum atomic E-state index is 13.8. The van der Waals surface area contributed by atoms with E-state index in [4.69, 9.17) is 28.9 Å². The summed E-state index contributed by atoms with van der Waals surface area (Å²) < 4.78 is 0. The fourth-order valence-electron chi connectivity index (χ4n) is 5.15. The fraction of sp³-hybridized carbons (Fsp3) is 0.483. The van der Waals surface area contributed by atoms with E-state index < -0.39 is 6.17 Å². The predicted molar refractivity (Wildman–Crippen MR) is 150 cm³/mol. The molecule has 4 rings (SSSR count). The van der Waals surface area contributed by atoms with E-state index in [1.54, 1.807) is 24.3 Å². The summed E-state index contributed by atoms with van der Waals surface area (Å²) in [6.45, 7) is 7.02. The Kier molecular flexibility index (Phi) is 8.70. The van der Waals surface area contributed by atoms with Gasteiger partial charge in [0.15, 0.2) is 6.17 Å². The van der Waals surface area contributed by atoms with Gasteiger partial charge in [-0.15, -0.1) is 0 Å². The van der Waals surface area contributed by atoms with Crippen LogP contribution in [0.25, 0.3) is 0 Å². The lowest BCUT2D eigenvalue weighted by Gasteiger charge is -2.43. The Labute approximate surface area is 234 Å². The Morgan fingerprint density at radius 3 is 1.95 bits per heavy atom. The van der Waals surface area contributed by atoms with Crippen LogP contribution in [0.1, 0.15) is 79.2 Å². The molecule has 2 fully saturated rings. The zero-order chi connectivity index (χ0) is 27.6. The second kappa shape index (κ2) is 11.6. The molecule has 1 heterocycles. The summed E-state index contributed by atoms with van der Waals surface area (Å²) in [6, 6.07) is 12.2. The third kappa shape index (κ3) is 6.33. The summed E-state index contributed by atoms with van der Waals surface area (Å²) in [5, 5.41) is 3.69. The molecular formula is C29H36Cl2N4O3. The van der Waals surface area contributed by atoms with Crippen LogP contribution in [0.5, 0.6) is 0 Å². The van der Waals surface area contributed by atoms with Crippen LogP contribution in [0.4, 0.5) is 0 Å². The van der Waals surface area contributed by atoms with Gasteiger partial charge in [-0.25, -0.2) is 0 Å². The Bertz CT molecular complexity index is 1190. The largest absolute Gasteiger partial charge is 0.350 e. The van der Waals surface area contributed by atoms with Crippen LogP contribution in [0.15, 0.2) is 42.5 Å². The highest BCUT2D eigenvalue weighted by atomic mass is 35.5. The van der Waals surface area contributed by atoms with E-state index in [1.807, 2.05) is 12.1 Å². The molecule has 0 bridgehead atoms. The number of nitrogens with zero attached hydrogens (tertiary/aromatic N) is 2. The number of hydrogen-bond acceptors (Lipinski definition) is 4. The molecule has 0 spiro atoms. The van der Waals surface area contributed by atoms with Crippen molar-refractivity contribution < 1.29 is 14.4 Å². The molecule has 38 heavy (non-hydrogen) atoms. The van der Waals surface area contributed by atoms with Crippen molar-refractivity contribution in [3.05, 3.63) is 69.2 Å². The first-order valence-corrected chi connectivity index (χ1v) is 13.9. The Balaban J connectivity index is 1.64. The number of halogens is 2. The molecule has 1 saturated heterocycles. The third-order valence-electron chi connectivity index (χ3n) is 7.43. The van der Waals surface area contributed by atoms with Crippen LogP contribution >= 0.6 is 23.2 Å². The SMILES string of the molecule is CC(C)(C)c1ccc(C(=O)N2CCCN(C(=O)c3ccc(Cl)c(Cl)c3)C2C(=O)NC2CCC(N)CC2)cc1. The molecule has 3 amide bonds. The number of nitrogens with two attached hydrogens (primary N) is 1. The van der Waals surface area contributed by atoms with E-state index >= 15 is 0 Å². The number of nitrogens with one attached hydrogen (secondary N) is 1. The zero-order valence-corrected chi connectivity index (χ0v) is 23.7. The van der Waals surface area contributed by atoms with E-state index in [2.05, 4.69) is 26.1 Å². The van der Waals surface area contributed by atoms with E-state index in [1.165, 1.54) is 15.9 Å². The molecule has 1 unspecified atom stereocenters. The van der Waals surface area contributed by atoms with Crippen molar-refractivity contribution in [3.8, 4) is 0 Å². The van der Waals surface area contributed by atoms with Gasteiger partial charge in [-0.05, 0) is 73.4 Å². The molecule has 204 valence electrons. The third-order valence-corrected chi connectivity index (χ3v) is 8.17. The Morgan fingerprint density at radius 2 is 1.39 bits per heavy atom. The van der Waals surface area contributed by atoms with E-state index in [0.29, 0.717) is 35.7 Å². The van der Waals surface area contributed by atoms with Gasteiger partial charge >= 0.3 is 0 Å². The number of carbonyl (C=O) groups is 3. The molecule has 1 atom stereocenters. The van der Waals surface area contributed by atoms with Gasteiger partial charge in [-0.3, -0.25) is 14.4 Å². The van der Waals surface area contributed by atoms with Crippen LogP contribution in [-0.2, 0) is 10.2 Å². The van der Waals surface area contributed by atoms with Gasteiger partial charge in [0.25, 0.3) is 17.7 Å². The summed E-state index contributed by atoms with van der Waals surface area (Å²) in [5.74, 6) is -1.03. The van der Waals surface area contributed by atoms with Crippen molar-refractivity contribution in [2.45, 2.75) is 76.5 Å². The van der Waals surface area contributed by atoms with E-state index in [9.17, 15) is 14.4 Å². The smallest absolute Gasteiger partial charge is 0.264 e. The molecule has 1 aliphatic carbocycles. The number of benzene rings is 2. The highest BCUT2D eigenvalue weighted by Gasteiger charge is 2.41. The van der Waals surface area contributed by atoms with E-state index in [-0.39, 0.29) is 40.2 Å². The second-order valence-corrected chi connectivity index (χ2v) is 12.1. The zero-order valence-electron chi connectivity index (χ0n) is 22.2. The van der Waals surface area contributed by atoms with Crippen LogP contribution in [0.3, 0.4) is 0 Å². The maximum Gasteiger partial charge on any atom is 0.264 e. The average molecular weight is 560 g/mol. The topological polar surface area (TPSA) is 95.7 Å². The number of rotatable bonds is 4. The predicted octanol–water partition coefficient (Wildman–Crippen LogP) is 4.99. The molecule has 1 aliphatic heterocycles. The minimum atomic E-state index is -1.09. The lowest BCUT2D eigenvalue weighted by Crippen LogP contribution is -2.64. The van der Waals surface area contributed by atoms with Crippen molar-refractivity contribution in [2.24, 2.45) is 5.73 Å². The highest BCUT2D eigenvalue weighted by molar-refractivity contribution is 6.42. The van der Waals surface area contributed by atoms with Crippen molar-refractivity contribution in [1.29, 1.82) is 0 Å². The van der Waals surface area contributed by atoms with Crippen molar-refractivity contribution in [1.82, 2.24) is 15.1 Å². The first-order chi connectivity index (χ1) is 18.0. The molecular weight excluding hydrogens is 523 g/mol. The molecule has 7 nitrogen and oxygen atoms in total. The molecule has 0 radical (unpaired) electrons. The summed E-state index contributed by atoms with van der Waals surface area (Å²) in [7, 11) is 0. The molecule has 1 saturated carbocycles. The molecule has 2 aromatic rings. The van der Waals surface area contributed by atoms with Crippen molar-refractivity contribution >= 4 is 40.9 Å². The molecule has 2 aromatic carbocycles. The monoisotopic (exact) mass is 558 g/mol. The molecule has 9 heteroatoms. The maximum absolute atomic E-state index is 13.8. The number of hydrogen-bond donors (Lipinski definition) is 2. The van der Waals surface area contributed by atoms with Crippen LogP contribution in [0.2, 0.25) is 10.0 Å². The standard InChI is InChI=1S/C29H36Cl2N4O3/c1-29(2,3)20-8-5-18(6-9-20)27(37)34-15-4-16-35(28(38)19-7-14-23(30)24(31)17-19)26(34)25(36)33-22-12-10-21(32)11-13-22/h5-9,14,17,21-22,26H,4,10-13,15-16,32H2,1-3H3,(H,33,36). The fourth-order valence-corrected chi connectivity index (χ4v) is 5.44. The highest BCUT2D eigenvalue weighted by Crippen LogP contribution is 2.27. The quantitative estimate of drug-likeness (QED) is 0.552. The summed E-state index contributed by atoms with van der Waals surface area (Å²) in [5.41, 5.74) is 7.88. The van der Waals surface area contributed by atoms with Crippen molar-refractivity contribution in [2.75, 3.05) is 13.1 Å². The lowest BCUT2D eigenvalue weighted by molar-refractivity contribution is -0.133. The first kappa shape index (κ1) is 28.4. The molecule has 0 aromatic heterocycles. The second-order valence-electron chi connectivity index (χ2n) is 11.3. The normalized spacial score (nSPS) is 22.2. The lowest BCUT2D eigenvalue weighted by atomic mass is 9.86. The van der Waals surface area contributed by atoms with E-state index in [0.717, 1.165) is 31.2 Å². The van der Waals surface area contributed by atoms with Gasteiger partial charge in [-0.2, -0.15) is 0 Å². The number of carbonyl (C=O) groups excluding carboxylic acids is 3. The van der Waals surface area contributed by atoms with Gasteiger partial charge in [0.05, 0.1) is 10.0 Å². The number of amides is 3. The van der Waals surface area contributed by atoms with Gasteiger partial charge < -0.3 is 20.9 Å². The summed E-state index contributed by atoms with van der Waals surface area (Å²) >= 11 is 12.2. The van der Waals surface area contributed by atoms with Crippen molar-refractivity contribution in [3.63, 3.8) is 0 Å². The Hall–Kier alpha value is -2.61. The molecule has 3 N–H and O–H groups in total. The van der Waals surface area contributed by atoms with Crippen LogP contribution in [-0.4, -0.2) is 58.9 Å². The van der Waals surface area contributed by atoms with Gasteiger partial charge in [0.1, 0.15) is 0 Å². The van der Waals surface area contributed by atoms with Crippen LogP contribution < -0.4 is 11.1 Å². The minimum Gasteiger partial charge on any atom is -0.350 e. The average Bonchev–Trinajstić information content (AvgIpc) is 2.89. The van der Waals surface area contributed by atoms with Gasteiger partial charge in [-0.1, -0.05) is 56.1 Å². The minimum absolute atomic E-state index is 0.0471. The van der Waals surface area contributed by atoms with Gasteiger partial charge in [0.2, 0.25) is 0 Å². The first-order valence-electron chi connectivity index (χ1n) is 13.2. The Morgan fingerprint density at radius 1 is 0.842 bits per heavy atom. The van der Waals surface area contributed by atoms with Crippen LogP contribution in [0, 0.1) is 0 Å².